The van der Waals surface area contributed by atoms with Crippen LogP contribution in [0.25, 0.3) is 0 Å². The third-order valence-electron chi connectivity index (χ3n) is 2.90. The molecule has 0 spiro atoms. The molecular formula is C12H15NO. The highest BCUT2D eigenvalue weighted by Gasteiger charge is 2.22. The van der Waals surface area contributed by atoms with E-state index in [0.717, 1.165) is 18.4 Å². The van der Waals surface area contributed by atoms with E-state index < -0.39 is 0 Å². The molecule has 0 saturated carbocycles. The van der Waals surface area contributed by atoms with Gasteiger partial charge in [-0.3, -0.25) is 0 Å². The number of hydrogen-bond acceptors (Lipinski definition) is 2. The van der Waals surface area contributed by atoms with Crippen LogP contribution >= 0.6 is 0 Å². The molecule has 74 valence electrons. The third kappa shape index (κ3) is 1.41. The van der Waals surface area contributed by atoms with Crippen LogP contribution in [-0.2, 0) is 11.2 Å². The van der Waals surface area contributed by atoms with Crippen LogP contribution in [0.1, 0.15) is 24.0 Å². The van der Waals surface area contributed by atoms with E-state index in [-0.39, 0.29) is 0 Å². The minimum absolute atomic E-state index is 0.523. The van der Waals surface area contributed by atoms with Crippen LogP contribution in [0.4, 0.5) is 5.69 Å². The lowest BCUT2D eigenvalue weighted by Gasteiger charge is -2.12. The molecule has 1 aromatic rings. The lowest BCUT2D eigenvalue weighted by Crippen LogP contribution is -2.14. The summed E-state index contributed by atoms with van der Waals surface area (Å²) < 4.78 is 0. The minimum Gasteiger partial charge on any atom is -0.374 e. The van der Waals surface area contributed by atoms with Gasteiger partial charge in [0.25, 0.3) is 0 Å². The first kappa shape index (κ1) is 9.25. The maximum Gasteiger partial charge on any atom is 0.124 e. The number of anilines is 1. The number of aldehydes is 1. The largest absolute Gasteiger partial charge is 0.374 e. The Bertz CT molecular complexity index is 359. The summed E-state index contributed by atoms with van der Waals surface area (Å²) in [4.78, 5) is 12.7. The first-order chi connectivity index (χ1) is 6.72. The van der Waals surface area contributed by atoms with Gasteiger partial charge in [-0.1, -0.05) is 19.1 Å². The van der Waals surface area contributed by atoms with Crippen molar-refractivity contribution in [2.24, 2.45) is 0 Å². The Hall–Kier alpha value is -1.31. The number of benzene rings is 1. The molecule has 1 aliphatic heterocycles. The van der Waals surface area contributed by atoms with Crippen molar-refractivity contribution in [3.05, 3.63) is 29.3 Å². The zero-order valence-electron chi connectivity index (χ0n) is 8.66. The van der Waals surface area contributed by atoms with Crippen LogP contribution in [-0.4, -0.2) is 19.9 Å². The van der Waals surface area contributed by atoms with Gasteiger partial charge in [0.15, 0.2) is 0 Å². The molecule has 0 fully saturated rings. The molecule has 0 bridgehead atoms. The number of rotatable bonds is 2. The summed E-state index contributed by atoms with van der Waals surface area (Å²) in [6.07, 6.45) is 1.48. The lowest BCUT2D eigenvalue weighted by molar-refractivity contribution is -0.107. The van der Waals surface area contributed by atoms with Crippen LogP contribution in [0, 0.1) is 0 Å². The zero-order valence-corrected chi connectivity index (χ0v) is 8.66. The summed E-state index contributed by atoms with van der Waals surface area (Å²) in [5.74, 6) is 0.611. The van der Waals surface area contributed by atoms with Crippen LogP contribution < -0.4 is 4.90 Å². The molecule has 0 N–H and O–H groups in total. The number of carbonyl (C=O) groups excluding carboxylic acids is 1. The monoisotopic (exact) mass is 189 g/mol. The average molecular weight is 189 g/mol. The summed E-state index contributed by atoms with van der Waals surface area (Å²) in [5, 5.41) is 0. The van der Waals surface area contributed by atoms with E-state index in [9.17, 15) is 4.79 Å². The molecule has 0 aromatic heterocycles. The molecule has 1 atom stereocenters. The van der Waals surface area contributed by atoms with E-state index in [2.05, 4.69) is 37.1 Å². The van der Waals surface area contributed by atoms with E-state index >= 15 is 0 Å². The molecule has 0 radical (unpaired) electrons. The van der Waals surface area contributed by atoms with Gasteiger partial charge < -0.3 is 9.69 Å². The molecule has 2 nitrogen and oxygen atoms in total. The van der Waals surface area contributed by atoms with Gasteiger partial charge in [0.2, 0.25) is 0 Å². The van der Waals surface area contributed by atoms with Crippen LogP contribution in [0.3, 0.4) is 0 Å². The van der Waals surface area contributed by atoms with Crippen molar-refractivity contribution < 1.29 is 4.79 Å². The second kappa shape index (κ2) is 3.45. The van der Waals surface area contributed by atoms with Crippen molar-refractivity contribution in [2.75, 3.05) is 18.5 Å². The van der Waals surface area contributed by atoms with Gasteiger partial charge >= 0.3 is 0 Å². The van der Waals surface area contributed by atoms with E-state index in [0.29, 0.717) is 12.3 Å². The maximum absolute atomic E-state index is 10.4. The zero-order chi connectivity index (χ0) is 10.1. The number of likely N-dealkylation sites (N-methyl/N-ethyl adjacent to an activating group) is 1. The average Bonchev–Trinajstić information content (AvgIpc) is 2.43. The van der Waals surface area contributed by atoms with Gasteiger partial charge in [0.05, 0.1) is 0 Å². The third-order valence-corrected chi connectivity index (χ3v) is 2.90. The van der Waals surface area contributed by atoms with Gasteiger partial charge in [-0.15, -0.1) is 0 Å². The Balaban J connectivity index is 2.39. The molecule has 1 unspecified atom stereocenters. The molecule has 1 aromatic carbocycles. The summed E-state index contributed by atoms with van der Waals surface area (Å²) in [6.45, 7) is 3.32. The van der Waals surface area contributed by atoms with E-state index in [1.807, 2.05) is 0 Å². The molecular weight excluding hydrogens is 174 g/mol. The van der Waals surface area contributed by atoms with Crippen molar-refractivity contribution >= 4 is 12.0 Å². The Morgan fingerprint density at radius 3 is 3.07 bits per heavy atom. The number of carbonyl (C=O) groups is 1. The van der Waals surface area contributed by atoms with Crippen LogP contribution in [0.15, 0.2) is 18.2 Å². The van der Waals surface area contributed by atoms with Crippen LogP contribution in [0.2, 0.25) is 0 Å². The van der Waals surface area contributed by atoms with Gasteiger partial charge in [-0.2, -0.15) is 0 Å². The van der Waals surface area contributed by atoms with Crippen molar-refractivity contribution in [1.82, 2.24) is 0 Å². The fraction of sp³-hybridized carbons (Fsp3) is 0.417. The number of hydrogen-bond donors (Lipinski definition) is 0. The van der Waals surface area contributed by atoms with Gasteiger partial charge in [0.1, 0.15) is 6.29 Å². The normalized spacial score (nSPS) is 19.6. The van der Waals surface area contributed by atoms with Gasteiger partial charge in [0, 0.05) is 31.6 Å². The molecule has 2 rings (SSSR count). The Morgan fingerprint density at radius 1 is 1.57 bits per heavy atom. The number of nitrogens with zero attached hydrogens (tertiary/aromatic N) is 1. The Morgan fingerprint density at radius 2 is 2.36 bits per heavy atom. The fourth-order valence-electron chi connectivity index (χ4n) is 2.17. The summed E-state index contributed by atoms with van der Waals surface area (Å²) in [5.41, 5.74) is 3.80. The van der Waals surface area contributed by atoms with E-state index in [4.69, 9.17) is 0 Å². The topological polar surface area (TPSA) is 20.3 Å². The smallest absolute Gasteiger partial charge is 0.124 e. The van der Waals surface area contributed by atoms with Crippen LogP contribution in [0.5, 0.6) is 0 Å². The first-order valence-electron chi connectivity index (χ1n) is 5.00. The summed E-state index contributed by atoms with van der Waals surface area (Å²) in [6, 6.07) is 6.35. The molecule has 14 heavy (non-hydrogen) atoms. The fourth-order valence-corrected chi connectivity index (χ4v) is 2.17. The number of fused-ring (bicyclic) bond motifs is 1. The molecule has 0 aliphatic carbocycles. The quantitative estimate of drug-likeness (QED) is 0.663. The van der Waals surface area contributed by atoms with Crippen molar-refractivity contribution in [2.45, 2.75) is 19.3 Å². The first-order valence-corrected chi connectivity index (χ1v) is 5.00. The predicted octanol–water partition coefficient (Wildman–Crippen LogP) is 1.98. The minimum atomic E-state index is 0.523. The Kier molecular flexibility index (Phi) is 2.28. The second-order valence-electron chi connectivity index (χ2n) is 4.05. The van der Waals surface area contributed by atoms with Crippen molar-refractivity contribution in [1.29, 1.82) is 0 Å². The lowest BCUT2D eigenvalue weighted by atomic mass is 10.0. The molecule has 2 heteroatoms. The molecule has 0 amide bonds. The molecule has 1 aliphatic rings. The molecule has 1 heterocycles. The van der Waals surface area contributed by atoms with Crippen molar-refractivity contribution in [3.63, 3.8) is 0 Å². The van der Waals surface area contributed by atoms with E-state index in [1.54, 1.807) is 0 Å². The van der Waals surface area contributed by atoms with E-state index in [1.165, 1.54) is 11.3 Å². The predicted molar refractivity (Wildman–Crippen MR) is 57.9 cm³/mol. The van der Waals surface area contributed by atoms with Gasteiger partial charge in [-0.05, 0) is 17.2 Å². The van der Waals surface area contributed by atoms with Gasteiger partial charge in [-0.25, -0.2) is 0 Å². The molecule has 0 saturated heterocycles. The Labute approximate surface area is 84.5 Å². The summed E-state index contributed by atoms with van der Waals surface area (Å²) in [7, 11) is 2.10. The second-order valence-corrected chi connectivity index (χ2v) is 4.05. The SMILES string of the molecule is CC1CN(C)c2cc(CC=O)ccc21. The van der Waals surface area contributed by atoms with Crippen molar-refractivity contribution in [3.8, 4) is 0 Å². The maximum atomic E-state index is 10.4. The summed E-state index contributed by atoms with van der Waals surface area (Å²) >= 11 is 0. The highest BCUT2D eigenvalue weighted by molar-refractivity contribution is 5.64. The highest BCUT2D eigenvalue weighted by Crippen LogP contribution is 2.35. The highest BCUT2D eigenvalue weighted by atomic mass is 16.1. The standard InChI is InChI=1S/C12H15NO/c1-9-8-13(2)12-7-10(5-6-14)3-4-11(9)12/h3-4,6-7,9H,5,8H2,1-2H3.